The number of fused-ring (bicyclic) bond motifs is 2. The van der Waals surface area contributed by atoms with E-state index in [2.05, 4.69) is 17.0 Å². The molecule has 0 saturated carbocycles. The van der Waals surface area contributed by atoms with Crippen LogP contribution in [0.3, 0.4) is 0 Å². The molecule has 376 valence electrons. The zero-order chi connectivity index (χ0) is 50.6. The van der Waals surface area contributed by atoms with Crippen molar-refractivity contribution in [2.24, 2.45) is 0 Å². The van der Waals surface area contributed by atoms with Gasteiger partial charge in [-0.1, -0.05) is 48.5 Å². The summed E-state index contributed by atoms with van der Waals surface area (Å²) in [5.74, 6) is -1.98. The summed E-state index contributed by atoms with van der Waals surface area (Å²) in [4.78, 5) is 58.9. The number of carbonyl (C=O) groups is 4. The van der Waals surface area contributed by atoms with Gasteiger partial charge in [-0.15, -0.1) is 0 Å². The molecule has 12 nitrogen and oxygen atoms in total. The molecule has 1 aliphatic carbocycles. The SMILES string of the molecule is CN(CCc1ccc(C(=O)N(C)CCCN(C)C(=O)CO[C@H]2Cc3ccccc3C23CCN(CC[C@@]2(c4ccc(F)cc4)CN(C(=O)c4cc(C(F)(F)F)cc(C(F)(F)F)c4)CO2)CC3)cc1)C(=O)O. The van der Waals surface area contributed by atoms with Crippen LogP contribution in [0.1, 0.15) is 79.8 Å². The van der Waals surface area contributed by atoms with Crippen LogP contribution in [0.4, 0.5) is 35.5 Å². The highest BCUT2D eigenvalue weighted by Gasteiger charge is 2.50. The van der Waals surface area contributed by atoms with Crippen molar-refractivity contribution < 1.29 is 64.5 Å². The molecule has 2 heterocycles. The Labute approximate surface area is 401 Å². The van der Waals surface area contributed by atoms with Crippen LogP contribution in [-0.2, 0) is 50.5 Å². The number of amides is 4. The molecule has 70 heavy (non-hydrogen) atoms. The maximum absolute atomic E-state index is 14.1. The number of nitrogens with zero attached hydrogens (tertiary/aromatic N) is 5. The largest absolute Gasteiger partial charge is 0.465 e. The van der Waals surface area contributed by atoms with E-state index in [-0.39, 0.29) is 43.6 Å². The van der Waals surface area contributed by atoms with E-state index in [4.69, 9.17) is 14.6 Å². The van der Waals surface area contributed by atoms with Gasteiger partial charge >= 0.3 is 18.4 Å². The van der Waals surface area contributed by atoms with Gasteiger partial charge in [0.2, 0.25) is 5.91 Å². The Morgan fingerprint density at radius 2 is 1.41 bits per heavy atom. The zero-order valence-corrected chi connectivity index (χ0v) is 39.1. The Hall–Kier alpha value is -6.05. The maximum atomic E-state index is 14.1. The van der Waals surface area contributed by atoms with E-state index in [0.29, 0.717) is 94.6 Å². The van der Waals surface area contributed by atoms with Crippen molar-refractivity contribution in [1.29, 1.82) is 0 Å². The number of ether oxygens (including phenoxy) is 2. The molecule has 0 unspecified atom stereocenters. The summed E-state index contributed by atoms with van der Waals surface area (Å²) in [6.07, 6.45) is -8.32. The molecule has 0 aromatic heterocycles. The van der Waals surface area contributed by atoms with Crippen LogP contribution in [0.5, 0.6) is 0 Å². The summed E-state index contributed by atoms with van der Waals surface area (Å²) >= 11 is 0. The third kappa shape index (κ3) is 11.8. The van der Waals surface area contributed by atoms with Crippen molar-refractivity contribution >= 4 is 23.8 Å². The predicted molar refractivity (Wildman–Crippen MR) is 243 cm³/mol. The Morgan fingerprint density at radius 3 is 2.04 bits per heavy atom. The monoisotopic (exact) mass is 983 g/mol. The molecule has 4 aromatic rings. The van der Waals surface area contributed by atoms with Crippen LogP contribution in [0.15, 0.2) is 91.0 Å². The maximum Gasteiger partial charge on any atom is 0.416 e. The van der Waals surface area contributed by atoms with Gasteiger partial charge in [0, 0.05) is 63.9 Å². The summed E-state index contributed by atoms with van der Waals surface area (Å²) < 4.78 is 109. The van der Waals surface area contributed by atoms with E-state index in [1.807, 2.05) is 24.3 Å². The number of hydrogen-bond acceptors (Lipinski definition) is 7. The number of piperidine rings is 1. The first kappa shape index (κ1) is 51.8. The van der Waals surface area contributed by atoms with Gasteiger partial charge < -0.3 is 39.1 Å². The predicted octanol–water partition coefficient (Wildman–Crippen LogP) is 8.33. The minimum absolute atomic E-state index is 0.0330. The van der Waals surface area contributed by atoms with Gasteiger partial charge in [0.25, 0.3) is 11.8 Å². The quantitative estimate of drug-likeness (QED) is 0.111. The fraction of sp³-hybridized carbons (Fsp3) is 0.451. The Bertz CT molecular complexity index is 2480. The smallest absolute Gasteiger partial charge is 0.416 e. The van der Waals surface area contributed by atoms with Gasteiger partial charge in [-0.3, -0.25) is 14.4 Å². The van der Waals surface area contributed by atoms with Crippen molar-refractivity contribution in [3.8, 4) is 0 Å². The van der Waals surface area contributed by atoms with Crippen LogP contribution in [0.2, 0.25) is 0 Å². The lowest BCUT2D eigenvalue weighted by atomic mass is 9.72. The van der Waals surface area contributed by atoms with E-state index in [1.54, 1.807) is 36.0 Å². The number of rotatable bonds is 16. The summed E-state index contributed by atoms with van der Waals surface area (Å²) in [5.41, 5.74) is -1.46. The number of carboxylic acid groups (broad SMARTS) is 1. The first-order chi connectivity index (χ1) is 33.1. The van der Waals surface area contributed by atoms with Crippen LogP contribution >= 0.6 is 0 Å². The molecule has 19 heteroatoms. The van der Waals surface area contributed by atoms with Crippen molar-refractivity contribution in [2.45, 2.75) is 68.0 Å². The third-order valence-electron chi connectivity index (χ3n) is 14.0. The first-order valence-electron chi connectivity index (χ1n) is 23.0. The number of halogens is 7. The minimum atomic E-state index is -5.14. The highest BCUT2D eigenvalue weighted by molar-refractivity contribution is 5.95. The summed E-state index contributed by atoms with van der Waals surface area (Å²) in [6, 6.07) is 21.4. The average Bonchev–Trinajstić information content (AvgIpc) is 3.91. The van der Waals surface area contributed by atoms with Gasteiger partial charge in [-0.25, -0.2) is 9.18 Å². The van der Waals surface area contributed by atoms with Gasteiger partial charge in [0.1, 0.15) is 24.8 Å². The van der Waals surface area contributed by atoms with Crippen molar-refractivity contribution in [1.82, 2.24) is 24.5 Å². The fourth-order valence-corrected chi connectivity index (χ4v) is 9.77. The molecule has 1 N–H and O–H groups in total. The average molecular weight is 984 g/mol. The van der Waals surface area contributed by atoms with Gasteiger partial charge in [-0.2, -0.15) is 26.3 Å². The topological polar surface area (TPSA) is 123 Å². The number of likely N-dealkylation sites (tertiary alicyclic amines) is 1. The van der Waals surface area contributed by atoms with E-state index < -0.39 is 64.6 Å². The second-order valence-electron chi connectivity index (χ2n) is 18.5. The number of hydrogen-bond donors (Lipinski definition) is 1. The molecule has 2 saturated heterocycles. The van der Waals surface area contributed by atoms with Crippen LogP contribution < -0.4 is 0 Å². The number of benzene rings is 4. The van der Waals surface area contributed by atoms with Crippen LogP contribution in [0.25, 0.3) is 0 Å². The lowest BCUT2D eigenvalue weighted by Crippen LogP contribution is -2.50. The Morgan fingerprint density at radius 1 is 0.786 bits per heavy atom. The molecule has 4 aromatic carbocycles. The van der Waals surface area contributed by atoms with Crippen LogP contribution in [-0.4, -0.2) is 140 Å². The van der Waals surface area contributed by atoms with E-state index in [9.17, 15) is 49.9 Å². The Balaban J connectivity index is 0.943. The number of carbonyl (C=O) groups excluding carboxylic acids is 3. The van der Waals surface area contributed by atoms with Gasteiger partial charge in [0.15, 0.2) is 0 Å². The normalized spacial score (nSPS) is 19.0. The van der Waals surface area contributed by atoms with E-state index in [0.717, 1.165) is 21.6 Å². The summed E-state index contributed by atoms with van der Waals surface area (Å²) in [5, 5.41) is 9.07. The third-order valence-corrected chi connectivity index (χ3v) is 14.0. The molecule has 0 bridgehead atoms. The van der Waals surface area contributed by atoms with Crippen LogP contribution in [0, 0.1) is 5.82 Å². The molecule has 2 atom stereocenters. The molecule has 0 radical (unpaired) electrons. The molecule has 4 amide bonds. The number of likely N-dealkylation sites (N-methyl/N-ethyl adjacent to an activating group) is 2. The van der Waals surface area contributed by atoms with E-state index >= 15 is 0 Å². The highest BCUT2D eigenvalue weighted by Crippen LogP contribution is 2.48. The summed E-state index contributed by atoms with van der Waals surface area (Å²) in [6.45, 7) is 1.98. The van der Waals surface area contributed by atoms with E-state index in [1.165, 1.54) is 36.2 Å². The molecule has 1 spiro atoms. The molecule has 7 rings (SSSR count). The van der Waals surface area contributed by atoms with Crippen molar-refractivity contribution in [3.05, 3.63) is 141 Å². The summed E-state index contributed by atoms with van der Waals surface area (Å²) in [7, 11) is 4.89. The standard InChI is InChI=1S/C51H56F7N5O7/c1-59(21-6-22-60(2)45(65)35-11-9-34(10-12-35)17-23-61(3)47(67)68)44(64)31-69-43-29-36-7-4-5-8-42(36)48(43)18-24-62(25-19-48)26-20-49(38-13-15-41(52)16-14-38)32-63(33-70-49)46(66)37-27-39(50(53,54)55)30-40(28-37)51(56,57)58/h4-5,7-16,27-28,30,43H,6,17-26,29,31-33H2,1-3H3,(H,67,68)/t43-,49-/m0/s1. The molecule has 2 fully saturated rings. The van der Waals surface area contributed by atoms with Crippen molar-refractivity contribution in [3.63, 3.8) is 0 Å². The number of alkyl halides is 6. The van der Waals surface area contributed by atoms with Gasteiger partial charge in [0.05, 0.1) is 23.8 Å². The molecule has 3 aliphatic rings. The minimum Gasteiger partial charge on any atom is -0.465 e. The molecular weight excluding hydrogens is 928 g/mol. The lowest BCUT2D eigenvalue weighted by molar-refractivity contribution is -0.143. The second kappa shape index (κ2) is 21.1. The lowest BCUT2D eigenvalue weighted by Gasteiger charge is -2.44. The highest BCUT2D eigenvalue weighted by atomic mass is 19.4. The fourth-order valence-electron chi connectivity index (χ4n) is 9.77. The Kier molecular flexibility index (Phi) is 15.6. The molecule has 2 aliphatic heterocycles. The van der Waals surface area contributed by atoms with Gasteiger partial charge in [-0.05, 0) is 116 Å². The second-order valence-corrected chi connectivity index (χ2v) is 18.5. The van der Waals surface area contributed by atoms with Crippen molar-refractivity contribution in [2.75, 3.05) is 80.3 Å². The molecular formula is C51H56F7N5O7. The zero-order valence-electron chi connectivity index (χ0n) is 39.1. The first-order valence-corrected chi connectivity index (χ1v) is 23.0.